The Kier molecular flexibility index (Phi) is 4.33. The molecule has 0 bridgehead atoms. The molecule has 2 heterocycles. The van der Waals surface area contributed by atoms with Crippen LogP contribution in [0.4, 0.5) is 4.39 Å². The first kappa shape index (κ1) is 15.5. The fourth-order valence-corrected chi connectivity index (χ4v) is 3.03. The Hall–Kier alpha value is -2.35. The Morgan fingerprint density at radius 2 is 2.30 bits per heavy atom. The van der Waals surface area contributed by atoms with E-state index in [1.807, 2.05) is 13.1 Å². The number of benzene rings is 1. The molecule has 0 saturated carbocycles. The zero-order valence-corrected chi connectivity index (χ0v) is 13.1. The summed E-state index contributed by atoms with van der Waals surface area (Å²) in [7, 11) is 1.98. The molecule has 2 atom stereocenters. The molecule has 1 aliphatic heterocycles. The van der Waals surface area contributed by atoms with E-state index in [0.717, 1.165) is 18.5 Å². The third-order valence-electron chi connectivity index (χ3n) is 4.23. The lowest BCUT2D eigenvalue weighted by atomic mass is 9.99. The van der Waals surface area contributed by atoms with Gasteiger partial charge in [-0.05, 0) is 48.0 Å². The minimum Gasteiger partial charge on any atom is -0.350 e. The van der Waals surface area contributed by atoms with E-state index in [2.05, 4.69) is 25.7 Å². The van der Waals surface area contributed by atoms with Crippen LogP contribution < -0.4 is 5.32 Å². The molecule has 0 spiro atoms. The van der Waals surface area contributed by atoms with Crippen molar-refractivity contribution in [2.45, 2.75) is 32.0 Å². The number of likely N-dealkylation sites (N-methyl/N-ethyl adjacent to an activating group) is 1. The second kappa shape index (κ2) is 6.41. The predicted molar refractivity (Wildman–Crippen MR) is 80.9 cm³/mol. The molecule has 1 amide bonds. The topological polar surface area (TPSA) is 75.9 Å². The highest BCUT2D eigenvalue weighted by Gasteiger charge is 2.34. The first-order valence-electron chi connectivity index (χ1n) is 7.51. The molecule has 1 N–H and O–H groups in total. The van der Waals surface area contributed by atoms with Crippen molar-refractivity contribution in [3.8, 4) is 0 Å². The van der Waals surface area contributed by atoms with Crippen LogP contribution in [0.3, 0.4) is 0 Å². The maximum absolute atomic E-state index is 13.9. The second-order valence-corrected chi connectivity index (χ2v) is 5.90. The van der Waals surface area contributed by atoms with E-state index in [9.17, 15) is 9.18 Å². The van der Waals surface area contributed by atoms with Gasteiger partial charge in [0, 0.05) is 12.6 Å². The summed E-state index contributed by atoms with van der Waals surface area (Å²) in [5.74, 6) is -0.378. The van der Waals surface area contributed by atoms with Crippen molar-refractivity contribution in [2.24, 2.45) is 0 Å². The van der Waals surface area contributed by atoms with Crippen molar-refractivity contribution >= 4 is 5.91 Å². The largest absolute Gasteiger partial charge is 0.350 e. The summed E-state index contributed by atoms with van der Waals surface area (Å²) >= 11 is 0. The number of rotatable bonds is 4. The van der Waals surface area contributed by atoms with Crippen LogP contribution in [0.15, 0.2) is 24.5 Å². The van der Waals surface area contributed by atoms with Crippen LogP contribution in [0, 0.1) is 12.7 Å². The fraction of sp³-hybridized carbons (Fsp3) is 0.467. The van der Waals surface area contributed by atoms with E-state index in [0.29, 0.717) is 5.56 Å². The number of hydrogen-bond donors (Lipinski definition) is 1. The number of halogens is 1. The highest BCUT2D eigenvalue weighted by Crippen LogP contribution is 2.31. The molecule has 0 aliphatic carbocycles. The molecular weight excluding hydrogens is 299 g/mol. The molecule has 2 aromatic rings. The lowest BCUT2D eigenvalue weighted by molar-refractivity contribution is -0.122. The first-order chi connectivity index (χ1) is 11.0. The number of carbonyl (C=O) groups excluding carboxylic acids is 1. The number of nitrogens with zero attached hydrogens (tertiary/aromatic N) is 5. The van der Waals surface area contributed by atoms with E-state index in [1.165, 1.54) is 11.0 Å². The average Bonchev–Trinajstić information content (AvgIpc) is 3.12. The Bertz CT molecular complexity index is 689. The molecule has 122 valence electrons. The zero-order valence-electron chi connectivity index (χ0n) is 13.1. The van der Waals surface area contributed by atoms with Crippen molar-refractivity contribution in [2.75, 3.05) is 13.6 Å². The number of carbonyl (C=O) groups is 1. The average molecular weight is 318 g/mol. The van der Waals surface area contributed by atoms with Crippen molar-refractivity contribution < 1.29 is 9.18 Å². The quantitative estimate of drug-likeness (QED) is 0.897. The van der Waals surface area contributed by atoms with Crippen molar-refractivity contribution in [1.29, 1.82) is 0 Å². The molecule has 0 radical (unpaired) electrons. The molecule has 8 heteroatoms. The summed E-state index contributed by atoms with van der Waals surface area (Å²) in [5, 5.41) is 13.7. The van der Waals surface area contributed by atoms with E-state index >= 15 is 0 Å². The summed E-state index contributed by atoms with van der Waals surface area (Å²) in [5.41, 5.74) is 1.49. The SMILES string of the molecule is Cc1ccc(C2C(NC(=O)Cn3cnnn3)CCN2C)cc1F. The van der Waals surface area contributed by atoms with Crippen LogP contribution in [0.5, 0.6) is 0 Å². The van der Waals surface area contributed by atoms with Gasteiger partial charge in [-0.25, -0.2) is 9.07 Å². The van der Waals surface area contributed by atoms with Gasteiger partial charge in [0.05, 0.1) is 6.04 Å². The van der Waals surface area contributed by atoms with Crippen LogP contribution in [-0.4, -0.2) is 50.6 Å². The molecular formula is C15H19FN6O. The molecule has 23 heavy (non-hydrogen) atoms. The van der Waals surface area contributed by atoms with Gasteiger partial charge < -0.3 is 5.32 Å². The van der Waals surface area contributed by atoms with Crippen LogP contribution in [0.25, 0.3) is 0 Å². The maximum atomic E-state index is 13.9. The van der Waals surface area contributed by atoms with Crippen LogP contribution in [0.2, 0.25) is 0 Å². The smallest absolute Gasteiger partial charge is 0.242 e. The summed E-state index contributed by atoms with van der Waals surface area (Å²) in [6.45, 7) is 2.65. The number of nitrogens with one attached hydrogen (secondary N) is 1. The normalized spacial score (nSPS) is 21.5. The minimum atomic E-state index is -0.221. The van der Waals surface area contributed by atoms with Gasteiger partial charge in [0.2, 0.25) is 5.91 Å². The lowest BCUT2D eigenvalue weighted by Gasteiger charge is -2.26. The van der Waals surface area contributed by atoms with Crippen molar-refractivity contribution in [3.05, 3.63) is 41.5 Å². The Labute approximate surface area is 133 Å². The Morgan fingerprint density at radius 1 is 1.48 bits per heavy atom. The summed E-state index contributed by atoms with van der Waals surface area (Å²) in [4.78, 5) is 14.3. The van der Waals surface area contributed by atoms with Gasteiger partial charge in [-0.2, -0.15) is 0 Å². The van der Waals surface area contributed by atoms with E-state index in [1.54, 1.807) is 19.1 Å². The molecule has 1 fully saturated rings. The van der Waals surface area contributed by atoms with Crippen LogP contribution >= 0.6 is 0 Å². The van der Waals surface area contributed by atoms with Gasteiger partial charge in [0.25, 0.3) is 0 Å². The van der Waals surface area contributed by atoms with Crippen molar-refractivity contribution in [3.63, 3.8) is 0 Å². The monoisotopic (exact) mass is 318 g/mol. The van der Waals surface area contributed by atoms with E-state index in [-0.39, 0.29) is 30.4 Å². The Morgan fingerprint density at radius 3 is 3.00 bits per heavy atom. The first-order valence-corrected chi connectivity index (χ1v) is 7.51. The van der Waals surface area contributed by atoms with Gasteiger partial charge in [-0.15, -0.1) is 5.10 Å². The summed E-state index contributed by atoms with van der Waals surface area (Å²) < 4.78 is 15.2. The lowest BCUT2D eigenvalue weighted by Crippen LogP contribution is -2.40. The van der Waals surface area contributed by atoms with E-state index < -0.39 is 0 Å². The molecule has 3 rings (SSSR count). The van der Waals surface area contributed by atoms with Gasteiger partial charge in [0.1, 0.15) is 18.7 Å². The molecule has 1 saturated heterocycles. The van der Waals surface area contributed by atoms with E-state index in [4.69, 9.17) is 0 Å². The van der Waals surface area contributed by atoms with Crippen LogP contribution in [-0.2, 0) is 11.3 Å². The second-order valence-electron chi connectivity index (χ2n) is 5.90. The van der Waals surface area contributed by atoms with Gasteiger partial charge >= 0.3 is 0 Å². The highest BCUT2D eigenvalue weighted by atomic mass is 19.1. The number of hydrogen-bond acceptors (Lipinski definition) is 5. The summed E-state index contributed by atoms with van der Waals surface area (Å²) in [6, 6.07) is 5.15. The number of aryl methyl sites for hydroxylation is 1. The van der Waals surface area contributed by atoms with Crippen LogP contribution in [0.1, 0.15) is 23.6 Å². The third kappa shape index (κ3) is 3.37. The highest BCUT2D eigenvalue weighted by molar-refractivity contribution is 5.76. The van der Waals surface area contributed by atoms with Gasteiger partial charge in [-0.1, -0.05) is 12.1 Å². The molecule has 7 nitrogen and oxygen atoms in total. The predicted octanol–water partition coefficient (Wildman–Crippen LogP) is 0.682. The fourth-order valence-electron chi connectivity index (χ4n) is 3.03. The number of amides is 1. The molecule has 1 aliphatic rings. The number of aromatic nitrogens is 4. The Balaban J connectivity index is 1.73. The molecule has 2 unspecified atom stereocenters. The molecule has 1 aromatic heterocycles. The van der Waals surface area contributed by atoms with Gasteiger partial charge in [0.15, 0.2) is 0 Å². The molecule has 1 aromatic carbocycles. The zero-order chi connectivity index (χ0) is 16.4. The standard InChI is InChI=1S/C15H19FN6O/c1-10-3-4-11(7-12(10)16)15-13(5-6-21(15)2)18-14(23)8-22-9-17-19-20-22/h3-4,7,9,13,15H,5-6,8H2,1-2H3,(H,18,23). The van der Waals surface area contributed by atoms with Crippen molar-refractivity contribution in [1.82, 2.24) is 30.4 Å². The summed E-state index contributed by atoms with van der Waals surface area (Å²) in [6.07, 6.45) is 2.21. The number of likely N-dealkylation sites (tertiary alicyclic amines) is 1. The number of tetrazole rings is 1. The van der Waals surface area contributed by atoms with Gasteiger partial charge in [-0.3, -0.25) is 9.69 Å². The third-order valence-corrected chi connectivity index (χ3v) is 4.23. The maximum Gasteiger partial charge on any atom is 0.242 e. The minimum absolute atomic E-state index is 0.0390.